The Labute approximate surface area is 84.7 Å². The van der Waals surface area contributed by atoms with E-state index in [1.165, 1.54) is 5.56 Å². The van der Waals surface area contributed by atoms with E-state index < -0.39 is 0 Å². The maximum Gasteiger partial charge on any atom is 0.166 e. The fraction of sp³-hybridized carbons (Fsp3) is 0.100. The number of aromatic nitrogens is 1. The molecule has 0 saturated carbocycles. The van der Waals surface area contributed by atoms with Crippen molar-refractivity contribution in [3.05, 3.63) is 42.1 Å². The molecule has 1 heterocycles. The Morgan fingerprint density at radius 2 is 2.23 bits per heavy atom. The van der Waals surface area contributed by atoms with Crippen molar-refractivity contribution in [3.8, 4) is 11.3 Å². The van der Waals surface area contributed by atoms with Crippen molar-refractivity contribution in [1.82, 2.24) is 5.16 Å². The highest BCUT2D eigenvalue weighted by atomic mass is 79.9. The molecule has 0 aliphatic heterocycles. The van der Waals surface area contributed by atoms with Crippen molar-refractivity contribution in [2.24, 2.45) is 0 Å². The molecule has 0 N–H and O–H groups in total. The summed E-state index contributed by atoms with van der Waals surface area (Å²) in [5.74, 6) is 0.808. The van der Waals surface area contributed by atoms with Gasteiger partial charge >= 0.3 is 0 Å². The summed E-state index contributed by atoms with van der Waals surface area (Å²) in [4.78, 5) is 0. The van der Waals surface area contributed by atoms with Gasteiger partial charge in [-0.1, -0.05) is 39.3 Å². The van der Waals surface area contributed by atoms with Crippen molar-refractivity contribution in [2.45, 2.75) is 5.33 Å². The molecule has 0 atom stereocenters. The number of benzene rings is 1. The third-order valence-corrected chi connectivity index (χ3v) is 2.45. The van der Waals surface area contributed by atoms with E-state index in [0.29, 0.717) is 0 Å². The molecule has 0 saturated heterocycles. The molecule has 66 valence electrons. The average molecular weight is 238 g/mol. The number of hydrogen-bond acceptors (Lipinski definition) is 2. The largest absolute Gasteiger partial charge is 0.356 e. The Morgan fingerprint density at radius 3 is 2.92 bits per heavy atom. The summed E-state index contributed by atoms with van der Waals surface area (Å²) < 4.78 is 5.05. The number of hydrogen-bond donors (Lipinski definition) is 0. The summed E-state index contributed by atoms with van der Waals surface area (Å²) in [5.41, 5.74) is 2.29. The van der Waals surface area contributed by atoms with Gasteiger partial charge in [0.2, 0.25) is 0 Å². The summed E-state index contributed by atoms with van der Waals surface area (Å²) in [6.07, 6.45) is 1.65. The summed E-state index contributed by atoms with van der Waals surface area (Å²) >= 11 is 3.41. The van der Waals surface area contributed by atoms with Crippen LogP contribution in [-0.2, 0) is 5.33 Å². The molecule has 1 aromatic heterocycles. The van der Waals surface area contributed by atoms with Gasteiger partial charge in [0, 0.05) is 17.0 Å². The summed E-state index contributed by atoms with van der Waals surface area (Å²) in [6.45, 7) is 0. The first kappa shape index (κ1) is 8.51. The maximum absolute atomic E-state index is 5.05. The van der Waals surface area contributed by atoms with Gasteiger partial charge in [-0.2, -0.15) is 0 Å². The third kappa shape index (κ3) is 1.80. The normalized spacial score (nSPS) is 10.2. The van der Waals surface area contributed by atoms with Crippen molar-refractivity contribution in [1.29, 1.82) is 0 Å². The summed E-state index contributed by atoms with van der Waals surface area (Å²) in [7, 11) is 0. The molecule has 13 heavy (non-hydrogen) atoms. The van der Waals surface area contributed by atoms with E-state index in [1.807, 2.05) is 18.2 Å². The van der Waals surface area contributed by atoms with E-state index in [9.17, 15) is 0 Å². The van der Waals surface area contributed by atoms with Crippen LogP contribution < -0.4 is 0 Å². The lowest BCUT2D eigenvalue weighted by Gasteiger charge is -1.98. The van der Waals surface area contributed by atoms with Crippen molar-refractivity contribution in [2.75, 3.05) is 0 Å². The van der Waals surface area contributed by atoms with Gasteiger partial charge in [0.25, 0.3) is 0 Å². The molecule has 2 rings (SSSR count). The minimum atomic E-state index is 0.808. The predicted octanol–water partition coefficient (Wildman–Crippen LogP) is 3.24. The standard InChI is InChI=1S/C10H8BrNO/c11-7-8-2-1-3-9(6-8)10-4-5-12-13-10/h1-6H,7H2. The molecule has 0 aliphatic rings. The zero-order valence-corrected chi connectivity index (χ0v) is 8.49. The Kier molecular flexibility index (Phi) is 2.45. The van der Waals surface area contributed by atoms with Gasteiger partial charge in [0.1, 0.15) is 0 Å². The van der Waals surface area contributed by atoms with Crippen LogP contribution >= 0.6 is 15.9 Å². The minimum Gasteiger partial charge on any atom is -0.356 e. The molecule has 1 aromatic carbocycles. The van der Waals surface area contributed by atoms with Crippen LogP contribution in [0, 0.1) is 0 Å². The van der Waals surface area contributed by atoms with Crippen LogP contribution in [0.2, 0.25) is 0 Å². The van der Waals surface area contributed by atoms with Gasteiger partial charge in [0.15, 0.2) is 5.76 Å². The highest BCUT2D eigenvalue weighted by molar-refractivity contribution is 9.08. The zero-order valence-electron chi connectivity index (χ0n) is 6.90. The second kappa shape index (κ2) is 3.75. The number of nitrogens with zero attached hydrogens (tertiary/aromatic N) is 1. The Bertz CT molecular complexity index is 384. The van der Waals surface area contributed by atoms with Crippen molar-refractivity contribution < 1.29 is 4.52 Å². The molecular weight excluding hydrogens is 230 g/mol. The molecule has 0 bridgehead atoms. The second-order valence-corrected chi connectivity index (χ2v) is 3.27. The smallest absolute Gasteiger partial charge is 0.166 e. The van der Waals surface area contributed by atoms with Gasteiger partial charge in [-0.3, -0.25) is 0 Å². The van der Waals surface area contributed by atoms with Crippen LogP contribution in [0.3, 0.4) is 0 Å². The van der Waals surface area contributed by atoms with Crippen LogP contribution in [0.15, 0.2) is 41.1 Å². The lowest BCUT2D eigenvalue weighted by Crippen LogP contribution is -1.78. The van der Waals surface area contributed by atoms with Crippen molar-refractivity contribution in [3.63, 3.8) is 0 Å². The van der Waals surface area contributed by atoms with Gasteiger partial charge in [-0.25, -0.2) is 0 Å². The Morgan fingerprint density at radius 1 is 1.31 bits per heavy atom. The summed E-state index contributed by atoms with van der Waals surface area (Å²) in [5, 5.41) is 4.52. The first-order valence-electron chi connectivity index (χ1n) is 3.96. The van der Waals surface area contributed by atoms with E-state index in [4.69, 9.17) is 4.52 Å². The number of rotatable bonds is 2. The molecule has 2 aromatic rings. The SMILES string of the molecule is BrCc1cccc(-c2ccno2)c1. The maximum atomic E-state index is 5.05. The topological polar surface area (TPSA) is 26.0 Å². The molecule has 0 fully saturated rings. The number of alkyl halides is 1. The van der Waals surface area contributed by atoms with E-state index >= 15 is 0 Å². The first-order valence-corrected chi connectivity index (χ1v) is 5.08. The molecule has 0 aliphatic carbocycles. The van der Waals surface area contributed by atoms with Crippen LogP contribution in [-0.4, -0.2) is 5.16 Å². The fourth-order valence-corrected chi connectivity index (χ4v) is 1.52. The third-order valence-electron chi connectivity index (χ3n) is 1.80. The van der Waals surface area contributed by atoms with Crippen molar-refractivity contribution >= 4 is 15.9 Å². The predicted molar refractivity (Wildman–Crippen MR) is 54.6 cm³/mol. The van der Waals surface area contributed by atoms with Gasteiger partial charge < -0.3 is 4.52 Å². The van der Waals surface area contributed by atoms with E-state index in [-0.39, 0.29) is 0 Å². The lowest BCUT2D eigenvalue weighted by atomic mass is 10.1. The van der Waals surface area contributed by atoms with Crippen LogP contribution in [0.25, 0.3) is 11.3 Å². The highest BCUT2D eigenvalue weighted by Gasteiger charge is 2.01. The minimum absolute atomic E-state index is 0.808. The molecule has 0 unspecified atom stereocenters. The van der Waals surface area contributed by atoms with Crippen LogP contribution in [0.4, 0.5) is 0 Å². The quantitative estimate of drug-likeness (QED) is 0.750. The molecule has 0 amide bonds. The van der Waals surface area contributed by atoms with Gasteiger partial charge in [-0.05, 0) is 11.6 Å². The van der Waals surface area contributed by atoms with E-state index in [2.05, 4.69) is 33.2 Å². The van der Waals surface area contributed by atoms with Gasteiger partial charge in [-0.15, -0.1) is 0 Å². The van der Waals surface area contributed by atoms with E-state index in [1.54, 1.807) is 6.20 Å². The van der Waals surface area contributed by atoms with Gasteiger partial charge in [0.05, 0.1) is 6.20 Å². The molecule has 0 spiro atoms. The zero-order chi connectivity index (χ0) is 9.10. The Balaban J connectivity index is 2.41. The monoisotopic (exact) mass is 237 g/mol. The Hall–Kier alpha value is -1.09. The molecular formula is C10H8BrNO. The van der Waals surface area contributed by atoms with Crippen LogP contribution in [0.5, 0.6) is 0 Å². The molecule has 2 nitrogen and oxygen atoms in total. The fourth-order valence-electron chi connectivity index (χ4n) is 1.17. The van der Waals surface area contributed by atoms with E-state index in [0.717, 1.165) is 16.7 Å². The molecule has 3 heteroatoms. The molecule has 0 radical (unpaired) electrons. The second-order valence-electron chi connectivity index (χ2n) is 2.71. The average Bonchev–Trinajstić information content (AvgIpc) is 2.71. The highest BCUT2D eigenvalue weighted by Crippen LogP contribution is 2.20. The summed E-state index contributed by atoms with van der Waals surface area (Å²) in [6, 6.07) is 10.0. The van der Waals surface area contributed by atoms with Crippen LogP contribution in [0.1, 0.15) is 5.56 Å². The first-order chi connectivity index (χ1) is 6.40. The number of halogens is 1. The lowest BCUT2D eigenvalue weighted by molar-refractivity contribution is 0.432.